The highest BCUT2D eigenvalue weighted by Gasteiger charge is 2.34. The molecule has 4 rings (SSSR count). The average Bonchev–Trinajstić information content (AvgIpc) is 2.78. The van der Waals surface area contributed by atoms with Crippen molar-refractivity contribution in [3.8, 4) is 11.5 Å². The number of benzene rings is 2. The second kappa shape index (κ2) is 8.34. The molecule has 0 spiro atoms. The molecule has 156 valence electrons. The number of hydrogen-bond acceptors (Lipinski definition) is 5. The second-order valence-corrected chi connectivity index (χ2v) is 9.61. The fourth-order valence-electron chi connectivity index (χ4n) is 4.40. The highest BCUT2D eigenvalue weighted by molar-refractivity contribution is 7.89. The van der Waals surface area contributed by atoms with Crippen LogP contribution >= 0.6 is 0 Å². The first-order chi connectivity index (χ1) is 14.0. The minimum absolute atomic E-state index is 0.225. The van der Waals surface area contributed by atoms with Crippen LogP contribution in [0.1, 0.15) is 24.0 Å². The molecule has 0 aliphatic carbocycles. The molecule has 0 amide bonds. The molecule has 2 heterocycles. The fourth-order valence-corrected chi connectivity index (χ4v) is 5.93. The van der Waals surface area contributed by atoms with E-state index in [-0.39, 0.29) is 6.04 Å². The van der Waals surface area contributed by atoms with Crippen molar-refractivity contribution in [3.63, 3.8) is 0 Å². The summed E-state index contributed by atoms with van der Waals surface area (Å²) in [5.41, 5.74) is 2.51. The Hall–Kier alpha value is -2.09. The lowest BCUT2D eigenvalue weighted by molar-refractivity contribution is 0.122. The zero-order valence-corrected chi connectivity index (χ0v) is 17.8. The van der Waals surface area contributed by atoms with Crippen LogP contribution in [0.15, 0.2) is 47.4 Å². The van der Waals surface area contributed by atoms with Gasteiger partial charge in [-0.2, -0.15) is 4.31 Å². The Balaban J connectivity index is 1.51. The van der Waals surface area contributed by atoms with Gasteiger partial charge in [-0.25, -0.2) is 8.42 Å². The number of ether oxygens (including phenoxy) is 2. The normalized spacial score (nSPS) is 20.8. The Kier molecular flexibility index (Phi) is 5.81. The van der Waals surface area contributed by atoms with E-state index in [4.69, 9.17) is 9.47 Å². The Morgan fingerprint density at radius 2 is 1.66 bits per heavy atom. The molecule has 0 bridgehead atoms. The van der Waals surface area contributed by atoms with Crippen molar-refractivity contribution in [1.82, 2.24) is 9.21 Å². The Bertz CT molecular complexity index is 962. The van der Waals surface area contributed by atoms with Gasteiger partial charge in [0.1, 0.15) is 0 Å². The lowest BCUT2D eigenvalue weighted by atomic mass is 9.95. The topological polar surface area (TPSA) is 59.1 Å². The third kappa shape index (κ3) is 3.99. The van der Waals surface area contributed by atoms with Crippen molar-refractivity contribution >= 4 is 10.0 Å². The van der Waals surface area contributed by atoms with Gasteiger partial charge in [0.2, 0.25) is 10.0 Å². The molecule has 2 aliphatic rings. The molecule has 2 aliphatic heterocycles. The summed E-state index contributed by atoms with van der Waals surface area (Å²) in [6.45, 7) is 2.86. The molecule has 1 atom stereocenters. The average molecular weight is 417 g/mol. The molecule has 0 saturated carbocycles. The van der Waals surface area contributed by atoms with Gasteiger partial charge in [-0.15, -0.1) is 0 Å². The maximum Gasteiger partial charge on any atom is 0.243 e. The van der Waals surface area contributed by atoms with Crippen LogP contribution < -0.4 is 9.47 Å². The van der Waals surface area contributed by atoms with E-state index in [2.05, 4.69) is 17.0 Å². The largest absolute Gasteiger partial charge is 0.493 e. The third-order valence-corrected chi connectivity index (χ3v) is 7.88. The smallest absolute Gasteiger partial charge is 0.243 e. The van der Waals surface area contributed by atoms with Crippen molar-refractivity contribution < 1.29 is 17.9 Å². The van der Waals surface area contributed by atoms with Crippen molar-refractivity contribution in [2.45, 2.75) is 36.7 Å². The predicted molar refractivity (Wildman–Crippen MR) is 112 cm³/mol. The van der Waals surface area contributed by atoms with E-state index in [1.807, 2.05) is 6.07 Å². The Morgan fingerprint density at radius 1 is 0.966 bits per heavy atom. The Morgan fingerprint density at radius 3 is 2.34 bits per heavy atom. The maximum atomic E-state index is 13.0. The van der Waals surface area contributed by atoms with E-state index in [9.17, 15) is 8.42 Å². The summed E-state index contributed by atoms with van der Waals surface area (Å²) in [7, 11) is -0.137. The van der Waals surface area contributed by atoms with Crippen molar-refractivity contribution in [2.75, 3.05) is 33.9 Å². The summed E-state index contributed by atoms with van der Waals surface area (Å²) in [4.78, 5) is 2.79. The van der Waals surface area contributed by atoms with Crippen molar-refractivity contribution in [2.24, 2.45) is 0 Å². The van der Waals surface area contributed by atoms with Crippen molar-refractivity contribution in [3.05, 3.63) is 53.6 Å². The first-order valence-corrected chi connectivity index (χ1v) is 11.5. The van der Waals surface area contributed by atoms with Crippen LogP contribution in [0.3, 0.4) is 0 Å². The first kappa shape index (κ1) is 20.2. The zero-order chi connectivity index (χ0) is 20.4. The molecule has 29 heavy (non-hydrogen) atoms. The fraction of sp³-hybridized carbons (Fsp3) is 0.455. The molecule has 2 aromatic rings. The van der Waals surface area contributed by atoms with E-state index in [1.54, 1.807) is 42.8 Å². The molecule has 0 N–H and O–H groups in total. The summed E-state index contributed by atoms with van der Waals surface area (Å²) in [5.74, 6) is 1.50. The van der Waals surface area contributed by atoms with E-state index >= 15 is 0 Å². The zero-order valence-electron chi connectivity index (χ0n) is 17.0. The van der Waals surface area contributed by atoms with Crippen LogP contribution in [0, 0.1) is 0 Å². The number of hydrogen-bond donors (Lipinski definition) is 0. The molecule has 1 fully saturated rings. The predicted octanol–water partition coefficient (Wildman–Crippen LogP) is 2.92. The summed E-state index contributed by atoms with van der Waals surface area (Å²) in [6, 6.07) is 13.1. The van der Waals surface area contributed by atoms with Crippen LogP contribution in [0.5, 0.6) is 11.5 Å². The lowest BCUT2D eigenvalue weighted by Gasteiger charge is -2.41. The molecular formula is C22H28N2O4S. The molecule has 6 nitrogen and oxygen atoms in total. The highest BCUT2D eigenvalue weighted by atomic mass is 32.2. The van der Waals surface area contributed by atoms with Crippen LogP contribution in [-0.4, -0.2) is 57.5 Å². The van der Waals surface area contributed by atoms with Crippen LogP contribution in [0.4, 0.5) is 0 Å². The van der Waals surface area contributed by atoms with E-state index in [0.717, 1.165) is 43.9 Å². The van der Waals surface area contributed by atoms with Gasteiger partial charge in [0, 0.05) is 32.2 Å². The maximum absolute atomic E-state index is 13.0. The summed E-state index contributed by atoms with van der Waals surface area (Å²) >= 11 is 0. The van der Waals surface area contributed by atoms with E-state index in [0.29, 0.717) is 18.0 Å². The number of sulfonamides is 1. The number of rotatable bonds is 5. The number of piperidine rings is 1. The van der Waals surface area contributed by atoms with Gasteiger partial charge in [0.05, 0.1) is 19.1 Å². The number of methoxy groups -OCH3 is 2. The monoisotopic (exact) mass is 416 g/mol. The molecule has 7 heteroatoms. The second-order valence-electron chi connectivity index (χ2n) is 7.67. The van der Waals surface area contributed by atoms with Gasteiger partial charge >= 0.3 is 0 Å². The minimum atomic E-state index is -3.44. The highest BCUT2D eigenvalue weighted by Crippen LogP contribution is 2.34. The van der Waals surface area contributed by atoms with Crippen LogP contribution in [0.25, 0.3) is 0 Å². The van der Waals surface area contributed by atoms with Crippen molar-refractivity contribution in [1.29, 1.82) is 0 Å². The molecular weight excluding hydrogens is 388 g/mol. The summed E-state index contributed by atoms with van der Waals surface area (Å²) < 4.78 is 38.6. The first-order valence-electron chi connectivity index (χ1n) is 10.1. The van der Waals surface area contributed by atoms with Gasteiger partial charge in [0.25, 0.3) is 0 Å². The van der Waals surface area contributed by atoms with E-state index in [1.165, 1.54) is 11.1 Å². The lowest BCUT2D eigenvalue weighted by Crippen LogP contribution is -2.50. The van der Waals surface area contributed by atoms with Gasteiger partial charge < -0.3 is 9.47 Å². The quantitative estimate of drug-likeness (QED) is 0.750. The third-order valence-electron chi connectivity index (χ3n) is 6.00. The van der Waals surface area contributed by atoms with Crippen LogP contribution in [-0.2, 0) is 23.0 Å². The number of nitrogens with zero attached hydrogens (tertiary/aromatic N) is 2. The summed E-state index contributed by atoms with van der Waals surface area (Å²) in [6.07, 6.45) is 2.83. The molecule has 0 radical (unpaired) electrons. The summed E-state index contributed by atoms with van der Waals surface area (Å²) in [5, 5.41) is 0. The van der Waals surface area contributed by atoms with Crippen LogP contribution in [0.2, 0.25) is 0 Å². The molecule has 2 aromatic carbocycles. The molecule has 0 aromatic heterocycles. The Labute approximate surface area is 173 Å². The molecule has 1 unspecified atom stereocenters. The minimum Gasteiger partial charge on any atom is -0.493 e. The van der Waals surface area contributed by atoms with Gasteiger partial charge in [-0.05, 0) is 54.7 Å². The van der Waals surface area contributed by atoms with E-state index < -0.39 is 10.0 Å². The van der Waals surface area contributed by atoms with Gasteiger partial charge in [-0.1, -0.05) is 18.2 Å². The van der Waals surface area contributed by atoms with Gasteiger partial charge in [-0.3, -0.25) is 4.90 Å². The number of fused-ring (bicyclic) bond motifs is 1. The van der Waals surface area contributed by atoms with Gasteiger partial charge in [0.15, 0.2) is 11.5 Å². The SMILES string of the molecule is COc1cc2c(cc1OC)CN(C1CCCN(S(=O)(=O)c3ccccc3)C1)CC2. The standard InChI is InChI=1S/C22H28N2O4S/c1-27-21-13-17-10-12-23(15-18(17)14-22(21)28-2)19-7-6-11-24(16-19)29(25,26)20-8-4-3-5-9-20/h3-5,8-9,13-14,19H,6-7,10-12,15-16H2,1-2H3. The molecule has 1 saturated heterocycles.